The molecule has 0 spiro atoms. The van der Waals surface area contributed by atoms with Crippen LogP contribution < -0.4 is 0 Å². The van der Waals surface area contributed by atoms with Crippen LogP contribution in [0.2, 0.25) is 0 Å². The standard InChI is InChI=1S/C35H40N4O/c1-26-36-32-14-8-9-15-33(32)39(26)31-24-29-16-17-30(25-31)38(29)23-20-35(28-12-6-3-7-13-28)18-21-37(22-19-35)34(40)27-10-4-2-5-11-27/h2-15,29-31H,16-25H2,1H3. The van der Waals surface area contributed by atoms with Crippen LogP contribution in [0, 0.1) is 6.92 Å². The SMILES string of the molecule is Cc1nc2ccccc2n1C1CC2CCC(C1)N2CCC1(c2ccccc2)CCN(C(=O)c2ccccc2)CC1. The Labute approximate surface area is 237 Å². The van der Waals surface area contributed by atoms with Gasteiger partial charge >= 0.3 is 0 Å². The number of rotatable bonds is 6. The molecule has 0 N–H and O–H groups in total. The summed E-state index contributed by atoms with van der Waals surface area (Å²) in [7, 11) is 0. The Kier molecular flexibility index (Phi) is 6.71. The van der Waals surface area contributed by atoms with Crippen molar-refractivity contribution in [2.24, 2.45) is 0 Å². The first-order valence-corrected chi connectivity index (χ1v) is 15.2. The predicted octanol–water partition coefficient (Wildman–Crippen LogP) is 6.78. The number of aromatic nitrogens is 2. The van der Waals surface area contributed by atoms with Crippen molar-refractivity contribution in [1.29, 1.82) is 0 Å². The van der Waals surface area contributed by atoms with Crippen LogP contribution in [0.25, 0.3) is 11.0 Å². The lowest BCUT2D eigenvalue weighted by atomic mass is 9.70. The highest BCUT2D eigenvalue weighted by molar-refractivity contribution is 5.94. The van der Waals surface area contributed by atoms with Crippen molar-refractivity contribution in [3.05, 3.63) is 102 Å². The average molecular weight is 533 g/mol. The molecule has 1 amide bonds. The molecule has 7 rings (SSSR count). The molecular formula is C35H40N4O. The number of imidazole rings is 1. The van der Waals surface area contributed by atoms with E-state index in [1.165, 1.54) is 36.8 Å². The molecule has 2 atom stereocenters. The Morgan fingerprint density at radius 2 is 1.45 bits per heavy atom. The summed E-state index contributed by atoms with van der Waals surface area (Å²) < 4.78 is 2.53. The number of aryl methyl sites for hydroxylation is 1. The summed E-state index contributed by atoms with van der Waals surface area (Å²) in [5, 5.41) is 0. The van der Waals surface area contributed by atoms with Gasteiger partial charge in [0.05, 0.1) is 11.0 Å². The smallest absolute Gasteiger partial charge is 0.253 e. The molecule has 0 saturated carbocycles. The zero-order valence-corrected chi connectivity index (χ0v) is 23.6. The molecule has 5 heteroatoms. The molecule has 2 unspecified atom stereocenters. The second kappa shape index (κ2) is 10.5. The molecule has 0 radical (unpaired) electrons. The van der Waals surface area contributed by atoms with Gasteiger partial charge in [0.2, 0.25) is 0 Å². The highest BCUT2D eigenvalue weighted by atomic mass is 16.2. The molecule has 3 aromatic carbocycles. The Bertz CT molecular complexity index is 1460. The fraction of sp³-hybridized carbons (Fsp3) is 0.429. The molecule has 3 aliphatic heterocycles. The Morgan fingerprint density at radius 1 is 0.825 bits per heavy atom. The lowest BCUT2D eigenvalue weighted by molar-refractivity contribution is 0.0607. The maximum Gasteiger partial charge on any atom is 0.253 e. The molecule has 4 aromatic rings. The van der Waals surface area contributed by atoms with Crippen LogP contribution in [-0.2, 0) is 5.41 Å². The average Bonchev–Trinajstić information content (AvgIpc) is 3.47. The van der Waals surface area contributed by atoms with Crippen molar-refractivity contribution >= 4 is 16.9 Å². The van der Waals surface area contributed by atoms with E-state index < -0.39 is 0 Å². The van der Waals surface area contributed by atoms with Crippen molar-refractivity contribution in [3.8, 4) is 0 Å². The Hall–Kier alpha value is -3.44. The van der Waals surface area contributed by atoms with E-state index in [1.807, 2.05) is 30.3 Å². The van der Waals surface area contributed by atoms with Gasteiger partial charge in [0.25, 0.3) is 5.91 Å². The van der Waals surface area contributed by atoms with E-state index in [9.17, 15) is 4.79 Å². The van der Waals surface area contributed by atoms with E-state index in [0.29, 0.717) is 18.1 Å². The number of para-hydroxylation sites is 2. The van der Waals surface area contributed by atoms with Gasteiger partial charge in [-0.2, -0.15) is 0 Å². The van der Waals surface area contributed by atoms with E-state index in [2.05, 4.69) is 75.9 Å². The first-order chi connectivity index (χ1) is 19.6. The van der Waals surface area contributed by atoms with Gasteiger partial charge in [-0.3, -0.25) is 9.69 Å². The van der Waals surface area contributed by atoms with Gasteiger partial charge in [-0.25, -0.2) is 4.98 Å². The number of hydrogen-bond donors (Lipinski definition) is 0. The van der Waals surface area contributed by atoms with Crippen LogP contribution in [0.1, 0.15) is 72.7 Å². The first-order valence-electron chi connectivity index (χ1n) is 15.2. The minimum atomic E-state index is 0.127. The number of benzene rings is 3. The molecule has 3 fully saturated rings. The zero-order chi connectivity index (χ0) is 27.1. The quantitative estimate of drug-likeness (QED) is 0.275. The van der Waals surface area contributed by atoms with Crippen molar-refractivity contribution in [3.63, 3.8) is 0 Å². The normalized spacial score (nSPS) is 24.4. The molecule has 0 aliphatic carbocycles. The van der Waals surface area contributed by atoms with Crippen molar-refractivity contribution in [2.45, 2.75) is 75.4 Å². The van der Waals surface area contributed by atoms with Crippen LogP contribution in [0.15, 0.2) is 84.9 Å². The van der Waals surface area contributed by atoms with Crippen LogP contribution in [0.4, 0.5) is 0 Å². The number of hydrogen-bond acceptors (Lipinski definition) is 3. The highest BCUT2D eigenvalue weighted by Crippen LogP contribution is 2.45. The minimum Gasteiger partial charge on any atom is -0.339 e. The summed E-state index contributed by atoms with van der Waals surface area (Å²) in [4.78, 5) is 23.0. The van der Waals surface area contributed by atoms with Gasteiger partial charge in [-0.1, -0.05) is 60.7 Å². The van der Waals surface area contributed by atoms with Crippen molar-refractivity contribution in [1.82, 2.24) is 19.4 Å². The monoisotopic (exact) mass is 532 g/mol. The molecule has 3 aliphatic rings. The molecule has 3 saturated heterocycles. The number of likely N-dealkylation sites (tertiary alicyclic amines) is 1. The van der Waals surface area contributed by atoms with Crippen molar-refractivity contribution in [2.75, 3.05) is 19.6 Å². The third-order valence-electron chi connectivity index (χ3n) is 10.3. The van der Waals surface area contributed by atoms with E-state index in [4.69, 9.17) is 4.98 Å². The summed E-state index contributed by atoms with van der Waals surface area (Å²) in [6, 6.07) is 31.4. The van der Waals surface area contributed by atoms with Crippen LogP contribution in [0.5, 0.6) is 0 Å². The van der Waals surface area contributed by atoms with Crippen LogP contribution in [0.3, 0.4) is 0 Å². The number of amides is 1. The Morgan fingerprint density at radius 3 is 2.15 bits per heavy atom. The van der Waals surface area contributed by atoms with Crippen LogP contribution >= 0.6 is 0 Å². The molecule has 40 heavy (non-hydrogen) atoms. The number of nitrogens with zero attached hydrogens (tertiary/aromatic N) is 4. The summed E-state index contributed by atoms with van der Waals surface area (Å²) in [5.74, 6) is 1.32. The highest BCUT2D eigenvalue weighted by Gasteiger charge is 2.44. The van der Waals surface area contributed by atoms with Gasteiger partial charge in [0.1, 0.15) is 5.82 Å². The maximum absolute atomic E-state index is 13.2. The van der Waals surface area contributed by atoms with Gasteiger partial charge in [-0.15, -0.1) is 0 Å². The van der Waals surface area contributed by atoms with Gasteiger partial charge in [0, 0.05) is 36.8 Å². The maximum atomic E-state index is 13.2. The third-order valence-corrected chi connectivity index (χ3v) is 10.3. The molecule has 4 heterocycles. The fourth-order valence-corrected chi connectivity index (χ4v) is 8.17. The number of carbonyl (C=O) groups is 1. The topological polar surface area (TPSA) is 41.4 Å². The summed E-state index contributed by atoms with van der Waals surface area (Å²) in [6.45, 7) is 4.97. The number of piperidine rings is 2. The van der Waals surface area contributed by atoms with E-state index in [0.717, 1.165) is 55.8 Å². The van der Waals surface area contributed by atoms with Crippen LogP contribution in [-0.4, -0.2) is 57.0 Å². The lowest BCUT2D eigenvalue weighted by Gasteiger charge is -2.45. The Balaban J connectivity index is 1.07. The summed E-state index contributed by atoms with van der Waals surface area (Å²) in [5.41, 5.74) is 4.79. The number of fused-ring (bicyclic) bond motifs is 3. The second-order valence-corrected chi connectivity index (χ2v) is 12.3. The molecule has 2 bridgehead atoms. The molecular weight excluding hydrogens is 492 g/mol. The van der Waals surface area contributed by atoms with E-state index in [-0.39, 0.29) is 11.3 Å². The molecule has 206 valence electrons. The van der Waals surface area contributed by atoms with E-state index >= 15 is 0 Å². The second-order valence-electron chi connectivity index (χ2n) is 12.3. The molecule has 5 nitrogen and oxygen atoms in total. The largest absolute Gasteiger partial charge is 0.339 e. The summed E-state index contributed by atoms with van der Waals surface area (Å²) >= 11 is 0. The molecule has 1 aromatic heterocycles. The summed E-state index contributed by atoms with van der Waals surface area (Å²) in [6.07, 6.45) is 8.28. The first kappa shape index (κ1) is 25.5. The van der Waals surface area contributed by atoms with Crippen molar-refractivity contribution < 1.29 is 4.79 Å². The van der Waals surface area contributed by atoms with Gasteiger partial charge in [0.15, 0.2) is 0 Å². The fourth-order valence-electron chi connectivity index (χ4n) is 8.17. The van der Waals surface area contributed by atoms with Gasteiger partial charge in [-0.05, 0) is 93.7 Å². The lowest BCUT2D eigenvalue weighted by Crippen LogP contribution is -2.49. The van der Waals surface area contributed by atoms with Gasteiger partial charge < -0.3 is 9.47 Å². The minimum absolute atomic E-state index is 0.127. The zero-order valence-electron chi connectivity index (χ0n) is 23.6. The van der Waals surface area contributed by atoms with E-state index in [1.54, 1.807) is 0 Å². The predicted molar refractivity (Wildman–Crippen MR) is 161 cm³/mol. The third kappa shape index (κ3) is 4.54. The number of carbonyl (C=O) groups excluding carboxylic acids is 1.